The number of carbonyl (C=O) groups is 2. The molecule has 0 saturated heterocycles. The first-order valence-electron chi connectivity index (χ1n) is 6.86. The van der Waals surface area contributed by atoms with Crippen molar-refractivity contribution in [2.45, 2.75) is 44.2 Å². The Morgan fingerprint density at radius 3 is 2.71 bits per heavy atom. The zero-order valence-corrected chi connectivity index (χ0v) is 13.4. The third-order valence-electron chi connectivity index (χ3n) is 3.67. The number of aliphatic carboxylic acids is 1. The number of benzene rings is 1. The summed E-state index contributed by atoms with van der Waals surface area (Å²) in [7, 11) is 0. The first kappa shape index (κ1) is 15.8. The number of rotatable bonds is 6. The van der Waals surface area contributed by atoms with E-state index in [1.807, 2.05) is 12.1 Å². The number of ether oxygens (including phenoxy) is 1. The van der Waals surface area contributed by atoms with Gasteiger partial charge >= 0.3 is 5.97 Å². The van der Waals surface area contributed by atoms with E-state index in [2.05, 4.69) is 21.2 Å². The summed E-state index contributed by atoms with van der Waals surface area (Å²) >= 11 is 3.34. The zero-order chi connectivity index (χ0) is 15.5. The van der Waals surface area contributed by atoms with E-state index in [1.165, 1.54) is 0 Å². The monoisotopic (exact) mass is 355 g/mol. The molecule has 1 atom stereocenters. The van der Waals surface area contributed by atoms with E-state index in [9.17, 15) is 9.59 Å². The van der Waals surface area contributed by atoms with Gasteiger partial charge in [-0.05, 0) is 44.4 Å². The van der Waals surface area contributed by atoms with Crippen LogP contribution in [0.3, 0.4) is 0 Å². The maximum absolute atomic E-state index is 12.2. The molecule has 2 N–H and O–H groups in total. The Hall–Kier alpha value is -1.56. The summed E-state index contributed by atoms with van der Waals surface area (Å²) in [4.78, 5) is 23.1. The summed E-state index contributed by atoms with van der Waals surface area (Å²) < 4.78 is 6.46. The highest BCUT2D eigenvalue weighted by Gasteiger charge is 2.41. The number of carboxylic acid groups (broad SMARTS) is 1. The van der Waals surface area contributed by atoms with Crippen LogP contribution in [0.4, 0.5) is 0 Å². The summed E-state index contributed by atoms with van der Waals surface area (Å²) in [6.45, 7) is 1.66. The van der Waals surface area contributed by atoms with Crippen LogP contribution in [0.25, 0.3) is 0 Å². The highest BCUT2D eigenvalue weighted by molar-refractivity contribution is 9.10. The van der Waals surface area contributed by atoms with Gasteiger partial charge in [0.25, 0.3) is 5.91 Å². The normalized spacial score (nSPS) is 17.4. The van der Waals surface area contributed by atoms with E-state index >= 15 is 0 Å². The molecule has 1 aliphatic rings. The Balaban J connectivity index is 1.94. The molecule has 1 aliphatic carbocycles. The lowest BCUT2D eigenvalue weighted by atomic mass is 9.74. The highest BCUT2D eigenvalue weighted by atomic mass is 79.9. The second-order valence-electron chi connectivity index (χ2n) is 5.41. The number of hydrogen-bond acceptors (Lipinski definition) is 3. The third kappa shape index (κ3) is 4.20. The Kier molecular flexibility index (Phi) is 4.88. The molecule has 1 fully saturated rings. The first-order chi connectivity index (χ1) is 9.90. The molecular formula is C15H18BrNO4. The first-order valence-corrected chi connectivity index (χ1v) is 7.66. The van der Waals surface area contributed by atoms with Gasteiger partial charge in [-0.2, -0.15) is 0 Å². The van der Waals surface area contributed by atoms with E-state index in [-0.39, 0.29) is 12.3 Å². The van der Waals surface area contributed by atoms with Gasteiger partial charge in [-0.3, -0.25) is 9.59 Å². The highest BCUT2D eigenvalue weighted by Crippen LogP contribution is 2.35. The molecule has 1 aromatic rings. The van der Waals surface area contributed by atoms with Crippen molar-refractivity contribution >= 4 is 27.8 Å². The van der Waals surface area contributed by atoms with Crippen molar-refractivity contribution in [1.82, 2.24) is 5.32 Å². The molecule has 0 aromatic heterocycles. The number of carbonyl (C=O) groups excluding carboxylic acids is 1. The largest absolute Gasteiger partial charge is 0.481 e. The molecule has 0 aliphatic heterocycles. The van der Waals surface area contributed by atoms with Gasteiger partial charge in [0.05, 0.1) is 12.0 Å². The summed E-state index contributed by atoms with van der Waals surface area (Å²) in [6, 6.07) is 7.24. The predicted molar refractivity (Wildman–Crippen MR) is 81.2 cm³/mol. The molecule has 1 amide bonds. The van der Waals surface area contributed by atoms with Crippen LogP contribution < -0.4 is 10.1 Å². The average molecular weight is 356 g/mol. The molecule has 1 aromatic carbocycles. The van der Waals surface area contributed by atoms with E-state index in [0.717, 1.165) is 10.9 Å². The molecule has 114 valence electrons. The van der Waals surface area contributed by atoms with Crippen LogP contribution in [-0.4, -0.2) is 28.6 Å². The van der Waals surface area contributed by atoms with Crippen molar-refractivity contribution in [3.63, 3.8) is 0 Å². The minimum atomic E-state index is -0.893. The number of nitrogens with one attached hydrogen (secondary N) is 1. The summed E-state index contributed by atoms with van der Waals surface area (Å²) in [5.41, 5.74) is -0.599. The standard InChI is InChI=1S/C15H18BrNO4/c1-10(21-12-5-2-4-11(16)8-12)14(20)17-15(6-3-7-15)9-13(18)19/h2,4-5,8,10H,3,6-7,9H2,1H3,(H,17,20)(H,18,19). The van der Waals surface area contributed by atoms with Gasteiger partial charge in [0.2, 0.25) is 0 Å². The van der Waals surface area contributed by atoms with Crippen molar-refractivity contribution in [2.24, 2.45) is 0 Å². The topological polar surface area (TPSA) is 75.6 Å². The van der Waals surface area contributed by atoms with Gasteiger partial charge in [-0.15, -0.1) is 0 Å². The molecule has 0 bridgehead atoms. The second kappa shape index (κ2) is 6.47. The molecule has 2 rings (SSSR count). The smallest absolute Gasteiger partial charge is 0.305 e. The van der Waals surface area contributed by atoms with E-state index in [4.69, 9.17) is 9.84 Å². The Morgan fingerprint density at radius 1 is 1.48 bits per heavy atom. The molecule has 21 heavy (non-hydrogen) atoms. The average Bonchev–Trinajstić information content (AvgIpc) is 2.35. The fraction of sp³-hybridized carbons (Fsp3) is 0.467. The van der Waals surface area contributed by atoms with Crippen LogP contribution in [0.5, 0.6) is 5.75 Å². The van der Waals surface area contributed by atoms with E-state index in [1.54, 1.807) is 19.1 Å². The van der Waals surface area contributed by atoms with Crippen LogP contribution in [0.2, 0.25) is 0 Å². The van der Waals surface area contributed by atoms with Crippen molar-refractivity contribution in [3.8, 4) is 5.75 Å². The molecule has 1 saturated carbocycles. The predicted octanol–water partition coefficient (Wildman–Crippen LogP) is 2.73. The maximum Gasteiger partial charge on any atom is 0.305 e. The second-order valence-corrected chi connectivity index (χ2v) is 6.33. The quantitative estimate of drug-likeness (QED) is 0.822. The molecule has 0 heterocycles. The SMILES string of the molecule is CC(Oc1cccc(Br)c1)C(=O)NC1(CC(=O)O)CCC1. The fourth-order valence-corrected chi connectivity index (χ4v) is 2.78. The van der Waals surface area contributed by atoms with Gasteiger partial charge in [-0.25, -0.2) is 0 Å². The van der Waals surface area contributed by atoms with Crippen LogP contribution >= 0.6 is 15.9 Å². The fourth-order valence-electron chi connectivity index (χ4n) is 2.40. The summed E-state index contributed by atoms with van der Waals surface area (Å²) in [5.74, 6) is -0.584. The number of carboxylic acids is 1. The lowest BCUT2D eigenvalue weighted by Crippen LogP contribution is -2.57. The van der Waals surface area contributed by atoms with Crippen LogP contribution in [0.1, 0.15) is 32.6 Å². The maximum atomic E-state index is 12.2. The Morgan fingerprint density at radius 2 is 2.19 bits per heavy atom. The Labute approximate surface area is 131 Å². The van der Waals surface area contributed by atoms with Gasteiger partial charge in [0.1, 0.15) is 5.75 Å². The Bertz CT molecular complexity index is 542. The van der Waals surface area contributed by atoms with Crippen LogP contribution in [0.15, 0.2) is 28.7 Å². The third-order valence-corrected chi connectivity index (χ3v) is 4.16. The summed E-state index contributed by atoms with van der Waals surface area (Å²) in [6.07, 6.45) is 1.63. The molecule has 0 spiro atoms. The lowest BCUT2D eigenvalue weighted by molar-refractivity contribution is -0.141. The number of halogens is 1. The van der Waals surface area contributed by atoms with Crippen molar-refractivity contribution in [3.05, 3.63) is 28.7 Å². The minimum absolute atomic E-state index is 0.0393. The van der Waals surface area contributed by atoms with Crippen molar-refractivity contribution < 1.29 is 19.4 Å². The lowest BCUT2D eigenvalue weighted by Gasteiger charge is -2.42. The number of hydrogen-bond donors (Lipinski definition) is 2. The molecule has 5 nitrogen and oxygen atoms in total. The van der Waals surface area contributed by atoms with E-state index < -0.39 is 17.6 Å². The van der Waals surface area contributed by atoms with Crippen LogP contribution in [-0.2, 0) is 9.59 Å². The van der Waals surface area contributed by atoms with Crippen LogP contribution in [0, 0.1) is 0 Å². The summed E-state index contributed by atoms with van der Waals surface area (Å²) in [5, 5.41) is 11.8. The van der Waals surface area contributed by atoms with Gasteiger partial charge in [0.15, 0.2) is 6.10 Å². The van der Waals surface area contributed by atoms with Crippen molar-refractivity contribution in [2.75, 3.05) is 0 Å². The molecule has 6 heteroatoms. The van der Waals surface area contributed by atoms with E-state index in [0.29, 0.717) is 18.6 Å². The van der Waals surface area contributed by atoms with Gasteiger partial charge in [-0.1, -0.05) is 22.0 Å². The molecular weight excluding hydrogens is 338 g/mol. The molecule has 1 unspecified atom stereocenters. The number of amides is 1. The van der Waals surface area contributed by atoms with Gasteiger partial charge in [0, 0.05) is 4.47 Å². The van der Waals surface area contributed by atoms with Gasteiger partial charge < -0.3 is 15.2 Å². The van der Waals surface area contributed by atoms with Crippen molar-refractivity contribution in [1.29, 1.82) is 0 Å². The zero-order valence-electron chi connectivity index (χ0n) is 11.8. The minimum Gasteiger partial charge on any atom is -0.481 e. The molecule has 0 radical (unpaired) electrons.